The topological polar surface area (TPSA) is 66.5 Å². The van der Waals surface area contributed by atoms with Gasteiger partial charge >= 0.3 is 0 Å². The molecule has 0 spiro atoms. The fraction of sp³-hybridized carbons (Fsp3) is 0.316. The molecule has 0 unspecified atom stereocenters. The van der Waals surface area contributed by atoms with E-state index in [-0.39, 0.29) is 5.91 Å². The van der Waals surface area contributed by atoms with Crippen LogP contribution >= 0.6 is 0 Å². The maximum atomic E-state index is 12.8. The molecule has 0 bridgehead atoms. The summed E-state index contributed by atoms with van der Waals surface area (Å²) in [4.78, 5) is 13.8. The highest BCUT2D eigenvalue weighted by atomic mass is 32.2. The fourth-order valence-electron chi connectivity index (χ4n) is 3.43. The normalized spacial score (nSPS) is 14.8. The summed E-state index contributed by atoms with van der Waals surface area (Å²) in [7, 11) is -3.66. The number of aryl methyl sites for hydroxylation is 3. The number of amides is 1. The van der Waals surface area contributed by atoms with Gasteiger partial charge in [0.15, 0.2) is 0 Å². The van der Waals surface area contributed by atoms with Crippen LogP contribution in [0.1, 0.15) is 29.5 Å². The number of nitrogens with zero attached hydrogens (tertiary/aromatic N) is 1. The Morgan fingerprint density at radius 1 is 1.00 bits per heavy atom. The zero-order valence-corrected chi connectivity index (χ0v) is 15.5. The summed E-state index contributed by atoms with van der Waals surface area (Å²) in [5, 5.41) is 0. The summed E-state index contributed by atoms with van der Waals surface area (Å²) in [5.41, 5.74) is 3.77. The second-order valence-corrected chi connectivity index (χ2v) is 8.15. The van der Waals surface area contributed by atoms with Gasteiger partial charge in [-0.25, -0.2) is 8.42 Å². The van der Waals surface area contributed by atoms with E-state index < -0.39 is 10.0 Å². The Balaban J connectivity index is 1.85. The zero-order valence-electron chi connectivity index (χ0n) is 14.7. The second kappa shape index (κ2) is 6.52. The molecule has 0 saturated carbocycles. The van der Waals surface area contributed by atoms with Crippen LogP contribution in [-0.4, -0.2) is 20.9 Å². The van der Waals surface area contributed by atoms with Crippen LogP contribution in [0.5, 0.6) is 0 Å². The van der Waals surface area contributed by atoms with Gasteiger partial charge in [-0.1, -0.05) is 17.7 Å². The summed E-state index contributed by atoms with van der Waals surface area (Å²) in [5.74, 6) is 0.110. The van der Waals surface area contributed by atoms with Crippen LogP contribution in [0.4, 0.5) is 11.4 Å². The van der Waals surface area contributed by atoms with Gasteiger partial charge < -0.3 is 4.90 Å². The monoisotopic (exact) mass is 358 g/mol. The molecule has 1 heterocycles. The van der Waals surface area contributed by atoms with Gasteiger partial charge in [-0.15, -0.1) is 0 Å². The summed E-state index contributed by atoms with van der Waals surface area (Å²) >= 11 is 0. The molecule has 3 rings (SSSR count). The Labute approximate surface area is 148 Å². The van der Waals surface area contributed by atoms with E-state index in [1.807, 2.05) is 19.1 Å². The highest BCUT2D eigenvalue weighted by Gasteiger charge is 2.22. The van der Waals surface area contributed by atoms with Crippen molar-refractivity contribution in [1.29, 1.82) is 0 Å². The second-order valence-electron chi connectivity index (χ2n) is 6.53. The molecule has 0 aromatic heterocycles. The highest BCUT2D eigenvalue weighted by molar-refractivity contribution is 7.92. The third-order valence-corrected chi connectivity index (χ3v) is 6.06. The van der Waals surface area contributed by atoms with E-state index in [1.165, 1.54) is 0 Å². The lowest BCUT2D eigenvalue weighted by Crippen LogP contribution is -2.23. The van der Waals surface area contributed by atoms with Crippen molar-refractivity contribution in [2.24, 2.45) is 0 Å². The molecule has 1 aliphatic rings. The molecule has 25 heavy (non-hydrogen) atoms. The molecule has 2 aromatic rings. The number of hydrogen-bond donors (Lipinski definition) is 1. The van der Waals surface area contributed by atoms with Crippen molar-refractivity contribution in [1.82, 2.24) is 0 Å². The minimum atomic E-state index is -3.66. The summed E-state index contributed by atoms with van der Waals surface area (Å²) in [6.07, 6.45) is 1.43. The molecule has 5 nitrogen and oxygen atoms in total. The van der Waals surface area contributed by atoms with Crippen LogP contribution in [0.3, 0.4) is 0 Å². The summed E-state index contributed by atoms with van der Waals surface area (Å²) < 4.78 is 28.2. The number of nitrogens with one attached hydrogen (secondary N) is 1. The molecule has 0 atom stereocenters. The van der Waals surface area contributed by atoms with Gasteiger partial charge in [0.1, 0.15) is 0 Å². The predicted molar refractivity (Wildman–Crippen MR) is 99.5 cm³/mol. The lowest BCUT2D eigenvalue weighted by atomic mass is 10.1. The molecule has 6 heteroatoms. The van der Waals surface area contributed by atoms with Crippen LogP contribution in [0.2, 0.25) is 0 Å². The van der Waals surface area contributed by atoms with E-state index in [2.05, 4.69) is 4.72 Å². The molecule has 0 aliphatic carbocycles. The van der Waals surface area contributed by atoms with Crippen molar-refractivity contribution >= 4 is 27.3 Å². The molecular formula is C19H22N2O3S. The van der Waals surface area contributed by atoms with Crippen molar-refractivity contribution in [2.45, 2.75) is 38.5 Å². The Kier molecular flexibility index (Phi) is 4.56. The fourth-order valence-corrected chi connectivity index (χ4v) is 4.94. The van der Waals surface area contributed by atoms with Crippen molar-refractivity contribution in [3.05, 3.63) is 53.1 Å². The third kappa shape index (κ3) is 3.54. The van der Waals surface area contributed by atoms with Crippen molar-refractivity contribution in [3.63, 3.8) is 0 Å². The first-order chi connectivity index (χ1) is 11.8. The molecule has 2 aromatic carbocycles. The predicted octanol–water partition coefficient (Wildman–Crippen LogP) is 3.54. The maximum absolute atomic E-state index is 12.8. The SMILES string of the molecule is Cc1cc(C)c(S(=O)(=O)Nc2ccc(N3CCCC3=O)cc2)c(C)c1. The zero-order chi connectivity index (χ0) is 18.2. The minimum Gasteiger partial charge on any atom is -0.312 e. The Morgan fingerprint density at radius 2 is 1.60 bits per heavy atom. The Morgan fingerprint density at radius 3 is 2.12 bits per heavy atom. The van der Waals surface area contributed by atoms with Crippen LogP contribution < -0.4 is 9.62 Å². The first-order valence-electron chi connectivity index (χ1n) is 8.29. The van der Waals surface area contributed by atoms with Crippen LogP contribution in [0.15, 0.2) is 41.3 Å². The van der Waals surface area contributed by atoms with Gasteiger partial charge in [0.05, 0.1) is 4.90 Å². The molecular weight excluding hydrogens is 336 g/mol. The molecule has 1 N–H and O–H groups in total. The van der Waals surface area contributed by atoms with E-state index >= 15 is 0 Å². The van der Waals surface area contributed by atoms with Gasteiger partial charge in [0, 0.05) is 24.3 Å². The number of hydrogen-bond acceptors (Lipinski definition) is 3. The van der Waals surface area contributed by atoms with Gasteiger partial charge in [-0.3, -0.25) is 9.52 Å². The quantitative estimate of drug-likeness (QED) is 0.909. The summed E-state index contributed by atoms with van der Waals surface area (Å²) in [6, 6.07) is 10.7. The Bertz CT molecular complexity index is 895. The van der Waals surface area contributed by atoms with Gasteiger partial charge in [-0.2, -0.15) is 0 Å². The number of anilines is 2. The third-order valence-electron chi connectivity index (χ3n) is 4.38. The van der Waals surface area contributed by atoms with E-state index in [0.717, 1.165) is 28.8 Å². The van der Waals surface area contributed by atoms with E-state index in [1.54, 1.807) is 43.0 Å². The average molecular weight is 358 g/mol. The smallest absolute Gasteiger partial charge is 0.262 e. The lowest BCUT2D eigenvalue weighted by molar-refractivity contribution is -0.117. The van der Waals surface area contributed by atoms with Crippen LogP contribution in [0.25, 0.3) is 0 Å². The van der Waals surface area contributed by atoms with Gasteiger partial charge in [-0.05, 0) is 62.6 Å². The summed E-state index contributed by atoms with van der Waals surface area (Å²) in [6.45, 7) is 6.27. The maximum Gasteiger partial charge on any atom is 0.262 e. The first-order valence-corrected chi connectivity index (χ1v) is 9.77. The molecule has 1 saturated heterocycles. The highest BCUT2D eigenvalue weighted by Crippen LogP contribution is 2.26. The standard InChI is InChI=1S/C19H22N2O3S/c1-13-11-14(2)19(15(3)12-13)25(23,24)20-16-6-8-17(9-7-16)21-10-4-5-18(21)22/h6-9,11-12,20H,4-5,10H2,1-3H3. The number of carbonyl (C=O) groups excluding carboxylic acids is 1. The van der Waals surface area contributed by atoms with Crippen molar-refractivity contribution in [3.8, 4) is 0 Å². The Hall–Kier alpha value is -2.34. The molecule has 132 valence electrons. The average Bonchev–Trinajstić information content (AvgIpc) is 2.92. The van der Waals surface area contributed by atoms with E-state index in [4.69, 9.17) is 0 Å². The van der Waals surface area contributed by atoms with Gasteiger partial charge in [0.25, 0.3) is 10.0 Å². The molecule has 1 fully saturated rings. The molecule has 1 amide bonds. The minimum absolute atomic E-state index is 0.110. The van der Waals surface area contributed by atoms with Crippen molar-refractivity contribution < 1.29 is 13.2 Å². The lowest BCUT2D eigenvalue weighted by Gasteiger charge is -2.17. The largest absolute Gasteiger partial charge is 0.312 e. The van der Waals surface area contributed by atoms with Crippen LogP contribution in [0, 0.1) is 20.8 Å². The van der Waals surface area contributed by atoms with Gasteiger partial charge in [0.2, 0.25) is 5.91 Å². The number of rotatable bonds is 4. The van der Waals surface area contributed by atoms with E-state index in [9.17, 15) is 13.2 Å². The van der Waals surface area contributed by atoms with Crippen molar-refractivity contribution in [2.75, 3.05) is 16.2 Å². The van der Waals surface area contributed by atoms with E-state index in [0.29, 0.717) is 23.5 Å². The number of benzene rings is 2. The first kappa shape index (κ1) is 17.5. The number of sulfonamides is 1. The van der Waals surface area contributed by atoms with Crippen LogP contribution in [-0.2, 0) is 14.8 Å². The number of carbonyl (C=O) groups is 1. The molecule has 0 radical (unpaired) electrons. The molecule has 1 aliphatic heterocycles.